The van der Waals surface area contributed by atoms with E-state index in [1.54, 1.807) is 51.1 Å². The minimum atomic E-state index is -2.37. The first-order chi connectivity index (χ1) is 45.5. The highest BCUT2D eigenvalue weighted by Gasteiger charge is 2.55. The summed E-state index contributed by atoms with van der Waals surface area (Å²) in [4.78, 5) is 109. The molecule has 0 bridgehead atoms. The van der Waals surface area contributed by atoms with E-state index in [1.807, 2.05) is 0 Å². The molecule has 0 spiro atoms. The highest BCUT2D eigenvalue weighted by molar-refractivity contribution is 5.98. The van der Waals surface area contributed by atoms with Gasteiger partial charge in [-0.05, 0) is 29.2 Å². The van der Waals surface area contributed by atoms with E-state index < -0.39 is 239 Å². The summed E-state index contributed by atoms with van der Waals surface area (Å²) in [5.74, 6) is -10.1. The maximum Gasteiger partial charge on any atom is 0.306 e. The van der Waals surface area contributed by atoms with Gasteiger partial charge in [0.15, 0.2) is 36.8 Å². The largest absolute Gasteiger partial charge is 0.462 e. The Morgan fingerprint density at radius 3 is 1.88 bits per heavy atom. The summed E-state index contributed by atoms with van der Waals surface area (Å²) in [5, 5.41) is 159. The fourth-order valence-corrected chi connectivity index (χ4v) is 11.6. The Labute approximate surface area is 546 Å². The minimum absolute atomic E-state index is 0.0874. The Hall–Kier alpha value is -7.61. The number of benzene rings is 2. The van der Waals surface area contributed by atoms with Crippen molar-refractivity contribution in [1.29, 1.82) is 0 Å². The number of nitrogens with one attached hydrogen (secondary N) is 7. The number of esters is 1. The van der Waals surface area contributed by atoms with E-state index in [0.29, 0.717) is 5.56 Å². The standard InChI is InChI=1S/C58H84N12O26/c1-21(2)13-33(75)94-47-39(78)30(19-72)92-56(45(47)84)95-46-31(20-73)93-55(44(83)41(46)80)91-25-11-9-23(10-12-25)14-26-49(86)68-35(37(76)27-15-62-57(59)66-27)52(89)69-36(38(77)29-16-63-58(60)70(29)53-42(81)40(79)43(82)54(90)96-53)51(88)65-28(18-71)48(85)61-17-32(74)67-34(50(87)64-26)22(3)24-7-5-4-6-8-24/h4-12,21-22,26-31,34-47,53-56,71-73,76-84,90H,13-20H2,1-3H3,(H2,60,63)(H,61,85)(H,64,87)(H,65,88)(H,67,74)(H,68,86)(H,69,89)(H3,59,62,66)/t22-,26+,27-,28-,29-,30+,31+,34-,35-,36+,37-,38-,39+,40+,41+,42-,43-,44-,45-,46+,47-,53-,54-,55-,56+/m0/s1. The molecule has 25 atom stereocenters. The maximum absolute atomic E-state index is 15.1. The highest BCUT2D eigenvalue weighted by atomic mass is 16.7. The number of aliphatic hydroxyl groups is 13. The van der Waals surface area contributed by atoms with E-state index >= 15 is 9.59 Å². The summed E-state index contributed by atoms with van der Waals surface area (Å²) in [6.45, 7) is 0.271. The summed E-state index contributed by atoms with van der Waals surface area (Å²) < 4.78 is 33.8. The van der Waals surface area contributed by atoms with Gasteiger partial charge in [0.2, 0.25) is 41.7 Å². The molecule has 6 heterocycles. The van der Waals surface area contributed by atoms with Crippen LogP contribution in [0, 0.1) is 5.92 Å². The first kappa shape index (κ1) is 74.2. The zero-order chi connectivity index (χ0) is 70.1. The fraction of sp³-hybridized carbons (Fsp3) is 0.638. The number of amides is 6. The molecule has 0 aromatic heterocycles. The van der Waals surface area contributed by atoms with Gasteiger partial charge in [0, 0.05) is 18.8 Å². The molecule has 4 saturated heterocycles. The Bertz CT molecular complexity index is 3090. The summed E-state index contributed by atoms with van der Waals surface area (Å²) in [5.41, 5.74) is 12.8. The predicted octanol–water partition coefficient (Wildman–Crippen LogP) is -12.1. The van der Waals surface area contributed by atoms with E-state index in [-0.39, 0.29) is 36.2 Å². The molecule has 96 heavy (non-hydrogen) atoms. The minimum Gasteiger partial charge on any atom is -0.462 e. The van der Waals surface area contributed by atoms with Gasteiger partial charge in [-0.1, -0.05) is 63.2 Å². The highest BCUT2D eigenvalue weighted by Crippen LogP contribution is 2.33. The number of nitrogens with two attached hydrogens (primary N) is 2. The number of carbonyl (C=O) groups is 7. The van der Waals surface area contributed by atoms with Gasteiger partial charge in [-0.3, -0.25) is 43.5 Å². The summed E-state index contributed by atoms with van der Waals surface area (Å²) in [6.07, 6.45) is -33.0. The lowest BCUT2D eigenvalue weighted by atomic mass is 9.92. The molecule has 532 valence electrons. The molecule has 0 aliphatic carbocycles. The molecule has 24 N–H and O–H groups in total. The molecule has 0 saturated carbocycles. The number of hydrogen-bond donors (Lipinski definition) is 22. The van der Waals surface area contributed by atoms with Crippen molar-refractivity contribution >= 4 is 53.3 Å². The summed E-state index contributed by atoms with van der Waals surface area (Å²) >= 11 is 0. The lowest BCUT2D eigenvalue weighted by molar-refractivity contribution is -0.353. The van der Waals surface area contributed by atoms with Crippen LogP contribution >= 0.6 is 0 Å². The summed E-state index contributed by atoms with van der Waals surface area (Å²) in [6, 6.07) is 0.657. The van der Waals surface area contributed by atoms with Crippen LogP contribution in [0.4, 0.5) is 0 Å². The average molecular weight is 1370 g/mol. The van der Waals surface area contributed by atoms with Gasteiger partial charge < -0.3 is 148 Å². The third-order valence-electron chi connectivity index (χ3n) is 17.0. The number of guanidine groups is 2. The quantitative estimate of drug-likeness (QED) is 0.0581. The zero-order valence-electron chi connectivity index (χ0n) is 52.0. The molecule has 6 aliphatic heterocycles. The van der Waals surface area contributed by atoms with Gasteiger partial charge in [0.25, 0.3) is 0 Å². The molecule has 6 amide bonds. The second-order valence-electron chi connectivity index (χ2n) is 24.3. The van der Waals surface area contributed by atoms with E-state index in [4.69, 9.17) is 39.9 Å². The van der Waals surface area contributed by atoms with Crippen molar-refractivity contribution in [2.75, 3.05) is 39.5 Å². The summed E-state index contributed by atoms with van der Waals surface area (Å²) in [7, 11) is 0. The van der Waals surface area contributed by atoms with Crippen LogP contribution in [0.5, 0.6) is 5.75 Å². The normalized spacial score (nSPS) is 36.2. The smallest absolute Gasteiger partial charge is 0.306 e. The van der Waals surface area contributed by atoms with Crippen LogP contribution < -0.4 is 53.4 Å². The van der Waals surface area contributed by atoms with Crippen molar-refractivity contribution in [3.63, 3.8) is 0 Å². The molecule has 0 unspecified atom stereocenters. The van der Waals surface area contributed by atoms with Gasteiger partial charge in [-0.2, -0.15) is 0 Å². The van der Waals surface area contributed by atoms with Gasteiger partial charge >= 0.3 is 5.97 Å². The molecule has 2 aromatic carbocycles. The fourth-order valence-electron chi connectivity index (χ4n) is 11.6. The first-order valence-electron chi connectivity index (χ1n) is 30.7. The van der Waals surface area contributed by atoms with Gasteiger partial charge in [0.05, 0.1) is 51.5 Å². The lowest BCUT2D eigenvalue weighted by Crippen LogP contribution is -2.70. The molecule has 8 rings (SSSR count). The Morgan fingerprint density at radius 1 is 0.615 bits per heavy atom. The number of nitrogens with zero attached hydrogens (tertiary/aromatic N) is 3. The van der Waals surface area contributed by atoms with E-state index in [0.717, 1.165) is 4.90 Å². The average Bonchev–Trinajstić information content (AvgIpc) is 1.47. The van der Waals surface area contributed by atoms with Gasteiger partial charge in [-0.15, -0.1) is 0 Å². The molecule has 38 nitrogen and oxygen atoms in total. The third kappa shape index (κ3) is 17.2. The third-order valence-corrected chi connectivity index (χ3v) is 17.0. The van der Waals surface area contributed by atoms with Crippen molar-refractivity contribution < 1.29 is 128 Å². The number of ether oxygens (including phenoxy) is 6. The molecule has 0 radical (unpaired) electrons. The van der Waals surface area contributed by atoms with Crippen molar-refractivity contribution in [2.45, 2.75) is 186 Å². The van der Waals surface area contributed by atoms with E-state index in [2.05, 4.69) is 47.2 Å². The van der Waals surface area contributed by atoms with Crippen LogP contribution in [-0.2, 0) is 63.7 Å². The van der Waals surface area contributed by atoms with Crippen molar-refractivity contribution in [2.24, 2.45) is 27.4 Å². The van der Waals surface area contributed by atoms with Crippen LogP contribution in [0.3, 0.4) is 0 Å². The van der Waals surface area contributed by atoms with Crippen LogP contribution in [0.15, 0.2) is 64.6 Å². The van der Waals surface area contributed by atoms with Crippen LogP contribution in [0.1, 0.15) is 44.2 Å². The number of carbonyl (C=O) groups excluding carboxylic acids is 7. The van der Waals surface area contributed by atoms with Crippen molar-refractivity contribution in [3.8, 4) is 5.75 Å². The maximum atomic E-state index is 15.1. The zero-order valence-corrected chi connectivity index (χ0v) is 52.0. The van der Waals surface area contributed by atoms with Gasteiger partial charge in [-0.25, -0.2) is 0 Å². The number of aliphatic hydroxyl groups excluding tert-OH is 13. The van der Waals surface area contributed by atoms with Crippen LogP contribution in [0.2, 0.25) is 0 Å². The Balaban J connectivity index is 1.09. The lowest BCUT2D eigenvalue weighted by Gasteiger charge is -2.46. The molecule has 4 fully saturated rings. The molecule has 38 heteroatoms. The Kier molecular flexibility index (Phi) is 25.2. The second-order valence-corrected chi connectivity index (χ2v) is 24.3. The molecule has 2 aromatic rings. The molecule has 6 aliphatic rings. The molecular formula is C58H84N12O26. The van der Waals surface area contributed by atoms with Crippen LogP contribution in [-0.4, -0.2) is 311 Å². The van der Waals surface area contributed by atoms with E-state index in [1.165, 1.54) is 24.3 Å². The second kappa shape index (κ2) is 32.6. The van der Waals surface area contributed by atoms with E-state index in [9.17, 15) is 90.4 Å². The number of aliphatic imine (C=N–C) groups is 2. The van der Waals surface area contributed by atoms with Crippen molar-refractivity contribution in [3.05, 3.63) is 65.7 Å². The van der Waals surface area contributed by atoms with Crippen LogP contribution in [0.25, 0.3) is 0 Å². The number of rotatable bonds is 19. The topological polar surface area (TPSA) is 602 Å². The number of hydrogen-bond acceptors (Lipinski definition) is 32. The monoisotopic (exact) mass is 1360 g/mol. The molecular weight excluding hydrogens is 1280 g/mol. The first-order valence-corrected chi connectivity index (χ1v) is 30.7. The van der Waals surface area contributed by atoms with Gasteiger partial charge in [0.1, 0.15) is 109 Å². The Morgan fingerprint density at radius 2 is 1.24 bits per heavy atom. The SMILES string of the molecule is CC(C)CC(=O)O[C@@H]1[C@H](O)[C@@H](O[C@H]2[C@H](O)[C@H](O)[C@@H](Oc3ccc(C[C@H]4NC(=O)[C@H]([C@@H](C)c5ccccc5)NC(=O)CNC(=O)[C@H](CO)NC(=O)[C@@H]([C@@H](O)[C@@H]5CN=C(N)N5[C@H]5O[C@H](O)[C@@H](O)[C@H](O)[C@@H]5O)NC(=O)[C@H]([C@@H](O)[C@@H]5CN=C(N)N5)NC4=O)cc3)O[C@@H]2CO)O[C@H](CO)[C@H]1O. The predicted molar refractivity (Wildman–Crippen MR) is 322 cm³/mol. The van der Waals surface area contributed by atoms with Crippen molar-refractivity contribution in [1.82, 2.24) is 42.1 Å².